The van der Waals surface area contributed by atoms with E-state index < -0.39 is 0 Å². The molecule has 0 amide bonds. The van der Waals surface area contributed by atoms with Crippen molar-refractivity contribution >= 4 is 23.2 Å². The van der Waals surface area contributed by atoms with E-state index in [9.17, 15) is 0 Å². The van der Waals surface area contributed by atoms with E-state index in [4.69, 9.17) is 23.2 Å². The summed E-state index contributed by atoms with van der Waals surface area (Å²) in [6.07, 6.45) is 2.73. The second-order valence-electron chi connectivity index (χ2n) is 5.10. The van der Waals surface area contributed by atoms with Crippen molar-refractivity contribution in [1.82, 2.24) is 15.1 Å². The van der Waals surface area contributed by atoms with Crippen LogP contribution in [-0.2, 0) is 6.54 Å². The second-order valence-corrected chi connectivity index (χ2v) is 5.91. The monoisotopic (exact) mass is 325 g/mol. The summed E-state index contributed by atoms with van der Waals surface area (Å²) < 4.78 is 1.98. The van der Waals surface area contributed by atoms with E-state index in [1.807, 2.05) is 23.7 Å². The van der Waals surface area contributed by atoms with E-state index in [0.29, 0.717) is 5.02 Å². The Bertz CT molecular complexity index is 608. The Morgan fingerprint density at radius 1 is 1.24 bits per heavy atom. The molecule has 21 heavy (non-hydrogen) atoms. The predicted octanol–water partition coefficient (Wildman–Crippen LogP) is 4.61. The standard InChI is InChI=1S/C16H21Cl2N3/c1-4-8-21-16(14(18)10-20-21)15(19-5-2)12-7-6-11(3)13(17)9-12/h6-7,9-10,15,19H,4-5,8H2,1-3H3. The van der Waals surface area contributed by atoms with Crippen molar-refractivity contribution in [2.45, 2.75) is 39.8 Å². The summed E-state index contributed by atoms with van der Waals surface area (Å²) >= 11 is 12.7. The highest BCUT2D eigenvalue weighted by molar-refractivity contribution is 6.31. The fraction of sp³-hybridized carbons (Fsp3) is 0.438. The summed E-state index contributed by atoms with van der Waals surface area (Å²) in [5.41, 5.74) is 3.18. The largest absolute Gasteiger partial charge is 0.305 e. The molecule has 0 aliphatic carbocycles. The van der Waals surface area contributed by atoms with Crippen LogP contribution in [-0.4, -0.2) is 16.3 Å². The van der Waals surface area contributed by atoms with Crippen LogP contribution in [0.1, 0.15) is 43.1 Å². The second kappa shape index (κ2) is 7.30. The molecule has 0 saturated heterocycles. The molecule has 114 valence electrons. The SMILES string of the molecule is CCCn1ncc(Cl)c1C(NCC)c1ccc(C)c(Cl)c1. The van der Waals surface area contributed by atoms with Gasteiger partial charge in [0.05, 0.1) is 23.0 Å². The first-order valence-corrected chi connectivity index (χ1v) is 8.04. The molecule has 1 aromatic heterocycles. The molecule has 2 rings (SSSR count). The van der Waals surface area contributed by atoms with Gasteiger partial charge in [-0.2, -0.15) is 5.10 Å². The molecular weight excluding hydrogens is 305 g/mol. The van der Waals surface area contributed by atoms with Gasteiger partial charge in [-0.15, -0.1) is 0 Å². The summed E-state index contributed by atoms with van der Waals surface area (Å²) in [5, 5.41) is 9.33. The zero-order chi connectivity index (χ0) is 15.4. The zero-order valence-corrected chi connectivity index (χ0v) is 14.2. The molecular formula is C16H21Cl2N3. The highest BCUT2D eigenvalue weighted by Crippen LogP contribution is 2.30. The lowest BCUT2D eigenvalue weighted by Crippen LogP contribution is -2.25. The fourth-order valence-corrected chi connectivity index (χ4v) is 2.85. The highest BCUT2D eigenvalue weighted by atomic mass is 35.5. The number of halogens is 2. The van der Waals surface area contributed by atoms with Crippen LogP contribution in [0.25, 0.3) is 0 Å². The molecule has 1 N–H and O–H groups in total. The van der Waals surface area contributed by atoms with Gasteiger partial charge in [-0.05, 0) is 37.1 Å². The van der Waals surface area contributed by atoms with E-state index in [0.717, 1.165) is 41.4 Å². The number of nitrogens with one attached hydrogen (secondary N) is 1. The van der Waals surface area contributed by atoms with Crippen LogP contribution in [0.5, 0.6) is 0 Å². The molecule has 3 nitrogen and oxygen atoms in total. The molecule has 2 aromatic rings. The van der Waals surface area contributed by atoms with Crippen LogP contribution in [0.4, 0.5) is 0 Å². The minimum absolute atomic E-state index is 0.00495. The number of nitrogens with zero attached hydrogens (tertiary/aromatic N) is 2. The number of hydrogen-bond donors (Lipinski definition) is 1. The van der Waals surface area contributed by atoms with Crippen molar-refractivity contribution in [3.8, 4) is 0 Å². The molecule has 0 spiro atoms. The van der Waals surface area contributed by atoms with Gasteiger partial charge in [-0.25, -0.2) is 0 Å². The third-order valence-corrected chi connectivity index (χ3v) is 4.18. The van der Waals surface area contributed by atoms with Crippen molar-refractivity contribution in [3.05, 3.63) is 51.3 Å². The average molecular weight is 326 g/mol. The van der Waals surface area contributed by atoms with Gasteiger partial charge < -0.3 is 5.32 Å². The number of hydrogen-bond acceptors (Lipinski definition) is 2. The number of rotatable bonds is 6. The van der Waals surface area contributed by atoms with Crippen molar-refractivity contribution in [1.29, 1.82) is 0 Å². The fourth-order valence-electron chi connectivity index (χ4n) is 2.41. The Hall–Kier alpha value is -1.03. The molecule has 0 bridgehead atoms. The Kier molecular flexibility index (Phi) is 5.68. The van der Waals surface area contributed by atoms with Crippen molar-refractivity contribution in [3.63, 3.8) is 0 Å². The van der Waals surface area contributed by atoms with E-state index in [-0.39, 0.29) is 6.04 Å². The van der Waals surface area contributed by atoms with Crippen LogP contribution in [0.2, 0.25) is 10.0 Å². The topological polar surface area (TPSA) is 29.9 Å². The summed E-state index contributed by atoms with van der Waals surface area (Å²) in [7, 11) is 0. The van der Waals surface area contributed by atoms with Crippen molar-refractivity contribution < 1.29 is 0 Å². The minimum Gasteiger partial charge on any atom is -0.305 e. The molecule has 1 aromatic carbocycles. The molecule has 0 saturated carbocycles. The Balaban J connectivity index is 2.47. The van der Waals surface area contributed by atoms with E-state index in [2.05, 4.69) is 30.3 Å². The molecule has 0 fully saturated rings. The lowest BCUT2D eigenvalue weighted by Gasteiger charge is -2.21. The van der Waals surface area contributed by atoms with Crippen molar-refractivity contribution in [2.24, 2.45) is 0 Å². The molecule has 0 radical (unpaired) electrons. The van der Waals surface area contributed by atoms with E-state index in [1.165, 1.54) is 0 Å². The minimum atomic E-state index is -0.00495. The summed E-state index contributed by atoms with van der Waals surface area (Å²) in [6.45, 7) is 7.90. The first-order chi connectivity index (χ1) is 10.1. The molecule has 0 aliphatic rings. The van der Waals surface area contributed by atoms with Crippen molar-refractivity contribution in [2.75, 3.05) is 6.54 Å². The van der Waals surface area contributed by atoms with E-state index in [1.54, 1.807) is 6.20 Å². The zero-order valence-electron chi connectivity index (χ0n) is 12.7. The number of aromatic nitrogens is 2. The Labute approximate surface area is 136 Å². The molecule has 1 atom stereocenters. The van der Waals surface area contributed by atoms with Gasteiger partial charge in [0.2, 0.25) is 0 Å². The predicted molar refractivity (Wildman–Crippen MR) is 89.2 cm³/mol. The summed E-state index contributed by atoms with van der Waals surface area (Å²) in [6, 6.07) is 6.13. The highest BCUT2D eigenvalue weighted by Gasteiger charge is 2.21. The van der Waals surface area contributed by atoms with Gasteiger partial charge in [-0.1, -0.05) is 49.2 Å². The first-order valence-electron chi connectivity index (χ1n) is 7.29. The molecule has 5 heteroatoms. The van der Waals surface area contributed by atoms with Crippen LogP contribution >= 0.6 is 23.2 Å². The smallest absolute Gasteiger partial charge is 0.0837 e. The normalized spacial score (nSPS) is 12.6. The Morgan fingerprint density at radius 2 is 2.00 bits per heavy atom. The average Bonchev–Trinajstić information content (AvgIpc) is 2.81. The number of aryl methyl sites for hydroxylation is 2. The quantitative estimate of drug-likeness (QED) is 0.840. The maximum absolute atomic E-state index is 6.38. The summed E-state index contributed by atoms with van der Waals surface area (Å²) in [5.74, 6) is 0. The lowest BCUT2D eigenvalue weighted by atomic mass is 10.0. The van der Waals surface area contributed by atoms with E-state index >= 15 is 0 Å². The first kappa shape index (κ1) is 16.3. The number of benzene rings is 1. The van der Waals surface area contributed by atoms with Gasteiger partial charge in [0.1, 0.15) is 0 Å². The van der Waals surface area contributed by atoms with Crippen LogP contribution in [0, 0.1) is 6.92 Å². The molecule has 0 aliphatic heterocycles. The van der Waals surface area contributed by atoms with Crippen LogP contribution in [0.3, 0.4) is 0 Å². The van der Waals surface area contributed by atoms with Gasteiger partial charge in [-0.3, -0.25) is 4.68 Å². The van der Waals surface area contributed by atoms with Gasteiger partial charge >= 0.3 is 0 Å². The van der Waals surface area contributed by atoms with Gasteiger partial charge in [0.25, 0.3) is 0 Å². The molecule has 1 unspecified atom stereocenters. The Morgan fingerprint density at radius 3 is 2.62 bits per heavy atom. The third-order valence-electron chi connectivity index (χ3n) is 3.48. The third kappa shape index (κ3) is 3.60. The maximum Gasteiger partial charge on any atom is 0.0837 e. The lowest BCUT2D eigenvalue weighted by molar-refractivity contribution is 0.520. The maximum atomic E-state index is 6.38. The molecule has 1 heterocycles. The van der Waals surface area contributed by atoms with Crippen LogP contribution < -0.4 is 5.32 Å². The van der Waals surface area contributed by atoms with Gasteiger partial charge in [0.15, 0.2) is 0 Å². The van der Waals surface area contributed by atoms with Crippen LogP contribution in [0.15, 0.2) is 24.4 Å². The van der Waals surface area contributed by atoms with Gasteiger partial charge in [0, 0.05) is 11.6 Å². The summed E-state index contributed by atoms with van der Waals surface area (Å²) in [4.78, 5) is 0.